The van der Waals surface area contributed by atoms with Gasteiger partial charge >= 0.3 is 0 Å². The summed E-state index contributed by atoms with van der Waals surface area (Å²) in [5, 5.41) is 0. The van der Waals surface area contributed by atoms with Crippen molar-refractivity contribution in [2.75, 3.05) is 0 Å². The van der Waals surface area contributed by atoms with Crippen LogP contribution in [0.2, 0.25) is 0 Å². The Balaban J connectivity index is 3.05. The fourth-order valence-electron chi connectivity index (χ4n) is 1.88. The summed E-state index contributed by atoms with van der Waals surface area (Å²) in [4.78, 5) is 0. The Labute approximate surface area is 109 Å². The molecule has 0 bridgehead atoms. The largest absolute Gasteiger partial charge is 0.0845 e. The molecule has 97 valence electrons. The van der Waals surface area contributed by atoms with Crippen molar-refractivity contribution in [2.24, 2.45) is 0 Å². The van der Waals surface area contributed by atoms with E-state index < -0.39 is 0 Å². The van der Waals surface area contributed by atoms with Crippen molar-refractivity contribution in [1.82, 2.24) is 0 Å². The van der Waals surface area contributed by atoms with E-state index in [1.165, 1.54) is 64.2 Å². The quantitative estimate of drug-likeness (QED) is 0.286. The van der Waals surface area contributed by atoms with Gasteiger partial charge in [-0.15, -0.1) is 0 Å². The number of hydrogen-bond acceptors (Lipinski definition) is 0. The lowest BCUT2D eigenvalue weighted by Gasteiger charge is -2.00. The van der Waals surface area contributed by atoms with Gasteiger partial charge in [0.25, 0.3) is 0 Å². The molecule has 0 nitrogen and oxygen atoms in total. The third-order valence-electron chi connectivity index (χ3n) is 2.94. The van der Waals surface area contributed by atoms with Crippen molar-refractivity contribution >= 4 is 0 Å². The van der Waals surface area contributed by atoms with Gasteiger partial charge in [0, 0.05) is 0 Å². The molecule has 17 heavy (non-hydrogen) atoms. The predicted octanol–water partition coefficient (Wildman–Crippen LogP) is 6.01. The molecular weight excluding hydrogens is 204 g/mol. The lowest BCUT2D eigenvalue weighted by Crippen LogP contribution is -1.80. The molecule has 0 unspecified atom stereocenters. The van der Waals surface area contributed by atoms with E-state index in [1.807, 2.05) is 12.2 Å². The van der Waals surface area contributed by atoms with E-state index in [9.17, 15) is 0 Å². The zero-order valence-corrected chi connectivity index (χ0v) is 11.5. The van der Waals surface area contributed by atoms with Crippen LogP contribution in [-0.2, 0) is 0 Å². The third-order valence-corrected chi connectivity index (χ3v) is 2.94. The third kappa shape index (κ3) is 15.2. The van der Waals surface area contributed by atoms with Crippen molar-refractivity contribution < 1.29 is 0 Å². The van der Waals surface area contributed by atoms with E-state index in [0.717, 1.165) is 0 Å². The Bertz CT molecular complexity index is 198. The average molecular weight is 233 g/mol. The van der Waals surface area contributed by atoms with Crippen molar-refractivity contribution in [3.63, 3.8) is 0 Å². The highest BCUT2D eigenvalue weighted by Gasteiger charge is 1.90. The molecule has 0 saturated carbocycles. The molecule has 0 N–H and O–H groups in total. The zero-order valence-electron chi connectivity index (χ0n) is 11.5. The van der Waals surface area contributed by atoms with E-state index in [2.05, 4.69) is 19.1 Å². The monoisotopic (exact) mass is 233 g/mol. The standard InChI is InChI=1S/C17H29/c1-3-5-7-9-11-13-15-17-16-14-12-10-8-6-4-2/h1,3,5,7,9,11H,4,6,8,10,12-17H2,2H3. The van der Waals surface area contributed by atoms with Crippen LogP contribution in [0.3, 0.4) is 0 Å². The van der Waals surface area contributed by atoms with Gasteiger partial charge in [-0.3, -0.25) is 0 Å². The SMILES string of the molecule is [CH]=CC=CC=CCCCCCCCCCCC. The van der Waals surface area contributed by atoms with Crippen molar-refractivity contribution in [3.05, 3.63) is 37.0 Å². The summed E-state index contributed by atoms with van der Waals surface area (Å²) in [6, 6.07) is 0. The second-order valence-electron chi connectivity index (χ2n) is 4.62. The van der Waals surface area contributed by atoms with Crippen LogP contribution in [0, 0.1) is 6.58 Å². The molecule has 0 heterocycles. The van der Waals surface area contributed by atoms with Crippen molar-refractivity contribution in [1.29, 1.82) is 0 Å². The molecule has 0 aromatic carbocycles. The lowest BCUT2D eigenvalue weighted by molar-refractivity contribution is 0.566. The summed E-state index contributed by atoms with van der Waals surface area (Å²) < 4.78 is 0. The molecule has 0 heteroatoms. The van der Waals surface area contributed by atoms with Gasteiger partial charge in [-0.05, 0) is 12.8 Å². The first-order valence-corrected chi connectivity index (χ1v) is 7.28. The molecule has 0 aliphatic carbocycles. The molecule has 0 aliphatic heterocycles. The normalized spacial score (nSPS) is 11.6. The fraction of sp³-hybridized carbons (Fsp3) is 0.647. The highest BCUT2D eigenvalue weighted by Crippen LogP contribution is 2.10. The van der Waals surface area contributed by atoms with Gasteiger partial charge in [0.15, 0.2) is 0 Å². The van der Waals surface area contributed by atoms with Crippen molar-refractivity contribution in [2.45, 2.75) is 71.1 Å². The first-order chi connectivity index (χ1) is 8.41. The summed E-state index contributed by atoms with van der Waals surface area (Å²) in [6.45, 7) is 7.49. The predicted molar refractivity (Wildman–Crippen MR) is 79.0 cm³/mol. The van der Waals surface area contributed by atoms with Crippen LogP contribution in [0.25, 0.3) is 0 Å². The van der Waals surface area contributed by atoms with Crippen molar-refractivity contribution in [3.8, 4) is 0 Å². The molecule has 0 aromatic rings. The van der Waals surface area contributed by atoms with E-state index in [-0.39, 0.29) is 0 Å². The smallest absolute Gasteiger partial charge is 0.0348 e. The molecule has 0 fully saturated rings. The summed E-state index contributed by atoms with van der Waals surface area (Å²) in [6.07, 6.45) is 23.5. The molecule has 0 aromatic heterocycles. The second kappa shape index (κ2) is 15.2. The van der Waals surface area contributed by atoms with Crippen LogP contribution in [0.15, 0.2) is 30.4 Å². The Morgan fingerprint density at radius 2 is 1.29 bits per heavy atom. The molecule has 0 saturated heterocycles. The number of allylic oxidation sites excluding steroid dienone is 5. The van der Waals surface area contributed by atoms with Crippen LogP contribution in [0.1, 0.15) is 71.1 Å². The summed E-state index contributed by atoms with van der Waals surface area (Å²) in [7, 11) is 0. The highest BCUT2D eigenvalue weighted by molar-refractivity contribution is 5.07. The first kappa shape index (κ1) is 16.2. The zero-order chi connectivity index (χ0) is 12.6. The van der Waals surface area contributed by atoms with Gasteiger partial charge in [-0.2, -0.15) is 0 Å². The van der Waals surface area contributed by atoms with Crippen LogP contribution in [0.4, 0.5) is 0 Å². The molecule has 0 spiro atoms. The first-order valence-electron chi connectivity index (χ1n) is 7.28. The van der Waals surface area contributed by atoms with Gasteiger partial charge in [0.2, 0.25) is 0 Å². The van der Waals surface area contributed by atoms with Crippen LogP contribution < -0.4 is 0 Å². The highest BCUT2D eigenvalue weighted by atomic mass is 14.0. The Kier molecular flexibility index (Phi) is 14.5. The lowest BCUT2D eigenvalue weighted by atomic mass is 10.1. The van der Waals surface area contributed by atoms with Crippen LogP contribution in [-0.4, -0.2) is 0 Å². The van der Waals surface area contributed by atoms with Crippen LogP contribution >= 0.6 is 0 Å². The van der Waals surface area contributed by atoms with E-state index in [4.69, 9.17) is 6.58 Å². The van der Waals surface area contributed by atoms with Gasteiger partial charge in [0.05, 0.1) is 0 Å². The maximum Gasteiger partial charge on any atom is -0.0348 e. The maximum atomic E-state index is 5.22. The molecular formula is C17H29. The minimum Gasteiger partial charge on any atom is -0.0845 e. The van der Waals surface area contributed by atoms with Gasteiger partial charge in [-0.25, -0.2) is 0 Å². The van der Waals surface area contributed by atoms with E-state index in [1.54, 1.807) is 6.08 Å². The summed E-state index contributed by atoms with van der Waals surface area (Å²) in [5.74, 6) is 0. The molecule has 1 radical (unpaired) electrons. The van der Waals surface area contributed by atoms with Crippen LogP contribution in [0.5, 0.6) is 0 Å². The molecule has 0 atom stereocenters. The number of unbranched alkanes of at least 4 members (excludes halogenated alkanes) is 9. The number of hydrogen-bond donors (Lipinski definition) is 0. The second-order valence-corrected chi connectivity index (χ2v) is 4.62. The maximum absolute atomic E-state index is 5.22. The molecule has 0 amide bonds. The minimum absolute atomic E-state index is 1.20. The average Bonchev–Trinajstić information content (AvgIpc) is 2.35. The Morgan fingerprint density at radius 3 is 1.88 bits per heavy atom. The van der Waals surface area contributed by atoms with Gasteiger partial charge in [0.1, 0.15) is 0 Å². The summed E-state index contributed by atoms with van der Waals surface area (Å²) >= 11 is 0. The summed E-state index contributed by atoms with van der Waals surface area (Å²) in [5.41, 5.74) is 0. The van der Waals surface area contributed by atoms with E-state index >= 15 is 0 Å². The van der Waals surface area contributed by atoms with Gasteiger partial charge in [-0.1, -0.05) is 95.2 Å². The van der Waals surface area contributed by atoms with Gasteiger partial charge < -0.3 is 0 Å². The minimum atomic E-state index is 1.20. The topological polar surface area (TPSA) is 0 Å². The number of rotatable bonds is 12. The molecule has 0 rings (SSSR count). The van der Waals surface area contributed by atoms with E-state index in [0.29, 0.717) is 0 Å². The molecule has 0 aliphatic rings. The Morgan fingerprint density at radius 1 is 0.706 bits per heavy atom. The fourth-order valence-corrected chi connectivity index (χ4v) is 1.88. The Hall–Kier alpha value is -0.780.